The maximum absolute atomic E-state index is 10.8. The lowest BCUT2D eigenvalue weighted by Crippen LogP contribution is -2.00. The fraction of sp³-hybridized carbons (Fsp3) is 0.111. The van der Waals surface area contributed by atoms with E-state index in [0.29, 0.717) is 10.8 Å². The summed E-state index contributed by atoms with van der Waals surface area (Å²) in [5.74, 6) is -0.349. The van der Waals surface area contributed by atoms with Gasteiger partial charge in [-0.15, -0.1) is 11.8 Å². The zero-order valence-corrected chi connectivity index (χ0v) is 9.64. The molecule has 0 radical (unpaired) electrons. The lowest BCUT2D eigenvalue weighted by atomic mass is 10.3. The minimum absolute atomic E-state index is 0.228. The van der Waals surface area contributed by atoms with Crippen molar-refractivity contribution >= 4 is 33.7 Å². The van der Waals surface area contributed by atoms with Crippen LogP contribution in [-0.4, -0.2) is 21.8 Å². The Bertz CT molecular complexity index is 368. The molecule has 74 valence electrons. The van der Waals surface area contributed by atoms with Crippen LogP contribution in [0.3, 0.4) is 0 Å². The van der Waals surface area contributed by atoms with Crippen molar-refractivity contribution in [1.82, 2.24) is 4.98 Å². The van der Waals surface area contributed by atoms with Crippen molar-refractivity contribution in [3.05, 3.63) is 35.0 Å². The lowest BCUT2D eigenvalue weighted by molar-refractivity contribution is 0.0692. The number of nitrogens with zero attached hydrogens (tertiary/aromatic N) is 1. The summed E-state index contributed by atoms with van der Waals surface area (Å²) in [4.78, 5) is 14.8. The van der Waals surface area contributed by atoms with Crippen LogP contribution >= 0.6 is 27.7 Å². The second-order valence-electron chi connectivity index (χ2n) is 2.47. The van der Waals surface area contributed by atoms with Gasteiger partial charge in [0.05, 0.1) is 5.56 Å². The van der Waals surface area contributed by atoms with Crippen molar-refractivity contribution in [2.24, 2.45) is 0 Å². The van der Waals surface area contributed by atoms with Gasteiger partial charge in [0.15, 0.2) is 0 Å². The predicted octanol–water partition coefficient (Wildman–Crippen LogP) is 2.78. The summed E-state index contributed by atoms with van der Waals surface area (Å²) in [6.07, 6.45) is 1.58. The first-order chi connectivity index (χ1) is 6.61. The molecule has 0 spiro atoms. The van der Waals surface area contributed by atoms with Crippen molar-refractivity contribution in [1.29, 1.82) is 0 Å². The fourth-order valence-electron chi connectivity index (χ4n) is 0.815. The van der Waals surface area contributed by atoms with E-state index in [1.165, 1.54) is 17.8 Å². The van der Waals surface area contributed by atoms with Crippen LogP contribution in [0.4, 0.5) is 0 Å². The summed E-state index contributed by atoms with van der Waals surface area (Å²) in [6.45, 7) is 3.67. The summed E-state index contributed by atoms with van der Waals surface area (Å²) >= 11 is 4.55. The summed E-state index contributed by atoms with van der Waals surface area (Å²) in [7, 11) is 0. The van der Waals surface area contributed by atoms with E-state index in [9.17, 15) is 4.79 Å². The number of rotatable bonds is 4. The Morgan fingerprint density at radius 1 is 1.71 bits per heavy atom. The average Bonchev–Trinajstić information content (AvgIpc) is 2.15. The van der Waals surface area contributed by atoms with Crippen molar-refractivity contribution in [2.45, 2.75) is 5.03 Å². The van der Waals surface area contributed by atoms with E-state index >= 15 is 0 Å². The molecule has 0 atom stereocenters. The van der Waals surface area contributed by atoms with Gasteiger partial charge in [-0.2, -0.15) is 0 Å². The van der Waals surface area contributed by atoms with Gasteiger partial charge in [0.25, 0.3) is 0 Å². The van der Waals surface area contributed by atoms with Crippen LogP contribution in [-0.2, 0) is 0 Å². The quantitative estimate of drug-likeness (QED) is 0.858. The molecule has 1 aromatic rings. The monoisotopic (exact) mass is 273 g/mol. The largest absolute Gasteiger partial charge is 0.478 e. The first-order valence-corrected chi connectivity index (χ1v) is 5.53. The SMILES string of the molecule is C=C(Br)CSc1ncccc1C(=O)O. The summed E-state index contributed by atoms with van der Waals surface area (Å²) in [5.41, 5.74) is 0.228. The highest BCUT2D eigenvalue weighted by molar-refractivity contribution is 9.11. The number of hydrogen-bond donors (Lipinski definition) is 1. The van der Waals surface area contributed by atoms with Gasteiger partial charge < -0.3 is 5.11 Å². The number of halogens is 1. The normalized spacial score (nSPS) is 9.79. The number of thioether (sulfide) groups is 1. The van der Waals surface area contributed by atoms with Crippen molar-refractivity contribution in [3.63, 3.8) is 0 Å². The average molecular weight is 274 g/mol. The summed E-state index contributed by atoms with van der Waals surface area (Å²) in [6, 6.07) is 3.14. The molecule has 0 saturated carbocycles. The van der Waals surface area contributed by atoms with Crippen LogP contribution < -0.4 is 0 Å². The molecule has 0 aliphatic heterocycles. The van der Waals surface area contributed by atoms with Crippen molar-refractivity contribution in [3.8, 4) is 0 Å². The molecular formula is C9H8BrNO2S. The first kappa shape index (κ1) is 11.3. The smallest absolute Gasteiger partial charge is 0.338 e. The van der Waals surface area contributed by atoms with Gasteiger partial charge in [0.2, 0.25) is 0 Å². The van der Waals surface area contributed by atoms with Crippen LogP contribution in [0.15, 0.2) is 34.4 Å². The molecule has 1 aromatic heterocycles. The minimum atomic E-state index is -0.958. The van der Waals surface area contributed by atoms with E-state index in [4.69, 9.17) is 5.11 Å². The van der Waals surface area contributed by atoms with Gasteiger partial charge in [0.1, 0.15) is 5.03 Å². The van der Waals surface area contributed by atoms with E-state index in [-0.39, 0.29) is 5.56 Å². The summed E-state index contributed by atoms with van der Waals surface area (Å²) < 4.78 is 0.810. The van der Waals surface area contributed by atoms with Gasteiger partial charge in [-0.05, 0) is 16.6 Å². The Kier molecular flexibility index (Phi) is 4.16. The van der Waals surface area contributed by atoms with Gasteiger partial charge >= 0.3 is 5.97 Å². The number of carboxylic acids is 1. The van der Waals surface area contributed by atoms with Gasteiger partial charge in [0, 0.05) is 11.9 Å². The lowest BCUT2D eigenvalue weighted by Gasteiger charge is -2.02. The zero-order valence-electron chi connectivity index (χ0n) is 7.24. The second kappa shape index (κ2) is 5.17. The number of carbonyl (C=O) groups is 1. The molecule has 1 rings (SSSR count). The van der Waals surface area contributed by atoms with E-state index in [1.807, 2.05) is 0 Å². The van der Waals surface area contributed by atoms with Gasteiger partial charge in [-0.3, -0.25) is 0 Å². The standard InChI is InChI=1S/C9H8BrNO2S/c1-6(10)5-14-8-7(9(12)13)3-2-4-11-8/h2-4H,1,5H2,(H,12,13). The molecule has 0 aromatic carbocycles. The highest BCUT2D eigenvalue weighted by Gasteiger charge is 2.10. The molecule has 14 heavy (non-hydrogen) atoms. The molecule has 0 unspecified atom stereocenters. The molecule has 1 N–H and O–H groups in total. The molecule has 0 amide bonds. The Morgan fingerprint density at radius 2 is 2.43 bits per heavy atom. The number of carboxylic acid groups (broad SMARTS) is 1. The predicted molar refractivity (Wildman–Crippen MR) is 60.0 cm³/mol. The second-order valence-corrected chi connectivity index (χ2v) is 4.55. The highest BCUT2D eigenvalue weighted by atomic mass is 79.9. The minimum Gasteiger partial charge on any atom is -0.478 e. The third kappa shape index (κ3) is 3.16. The zero-order chi connectivity index (χ0) is 10.6. The molecule has 0 aliphatic rings. The molecule has 3 nitrogen and oxygen atoms in total. The Morgan fingerprint density at radius 3 is 3.00 bits per heavy atom. The summed E-state index contributed by atoms with van der Waals surface area (Å²) in [5, 5.41) is 9.36. The Labute approximate surface area is 94.4 Å². The highest BCUT2D eigenvalue weighted by Crippen LogP contribution is 2.23. The van der Waals surface area contributed by atoms with Gasteiger partial charge in [-0.25, -0.2) is 9.78 Å². The van der Waals surface area contributed by atoms with Crippen LogP contribution in [0.5, 0.6) is 0 Å². The van der Waals surface area contributed by atoms with Crippen LogP contribution in [0, 0.1) is 0 Å². The fourth-order valence-corrected chi connectivity index (χ4v) is 1.90. The number of aromatic nitrogens is 1. The first-order valence-electron chi connectivity index (χ1n) is 3.75. The third-order valence-electron chi connectivity index (χ3n) is 1.37. The maximum atomic E-state index is 10.8. The topological polar surface area (TPSA) is 50.2 Å². The maximum Gasteiger partial charge on any atom is 0.338 e. The molecule has 0 fully saturated rings. The van der Waals surface area contributed by atoms with Crippen LogP contribution in [0.1, 0.15) is 10.4 Å². The molecule has 5 heteroatoms. The molecule has 0 bridgehead atoms. The van der Waals surface area contributed by atoms with E-state index in [0.717, 1.165) is 4.48 Å². The van der Waals surface area contributed by atoms with E-state index < -0.39 is 5.97 Å². The number of pyridine rings is 1. The third-order valence-corrected chi connectivity index (χ3v) is 3.11. The number of aromatic carboxylic acids is 1. The van der Waals surface area contributed by atoms with Crippen LogP contribution in [0.2, 0.25) is 0 Å². The van der Waals surface area contributed by atoms with Crippen molar-refractivity contribution < 1.29 is 9.90 Å². The van der Waals surface area contributed by atoms with Crippen LogP contribution in [0.25, 0.3) is 0 Å². The number of hydrogen-bond acceptors (Lipinski definition) is 3. The molecule has 0 aliphatic carbocycles. The van der Waals surface area contributed by atoms with E-state index in [2.05, 4.69) is 27.5 Å². The van der Waals surface area contributed by atoms with Crippen molar-refractivity contribution in [2.75, 3.05) is 5.75 Å². The molecular weight excluding hydrogens is 266 g/mol. The molecule has 1 heterocycles. The van der Waals surface area contributed by atoms with E-state index in [1.54, 1.807) is 12.3 Å². The Hall–Kier alpha value is -0.810. The molecule has 0 saturated heterocycles. The Balaban J connectivity index is 2.84. The van der Waals surface area contributed by atoms with Gasteiger partial charge in [-0.1, -0.05) is 22.5 Å².